The van der Waals surface area contributed by atoms with Crippen molar-refractivity contribution in [3.8, 4) is 0 Å². The molecule has 1 rings (SSSR count). The fourth-order valence-corrected chi connectivity index (χ4v) is 0.645. The Kier molecular flexibility index (Phi) is 0.669. The molecule has 5 heavy (non-hydrogen) atoms. The molecule has 0 unspecified atom stereocenters. The van der Waals surface area contributed by atoms with Gasteiger partial charge in [-0.15, -0.1) is 0 Å². The van der Waals surface area contributed by atoms with Gasteiger partial charge in [0.15, 0.2) is 0 Å². The van der Waals surface area contributed by atoms with Gasteiger partial charge in [0.05, 0.1) is 0 Å². The van der Waals surface area contributed by atoms with Gasteiger partial charge in [0, 0.05) is 6.54 Å². The van der Waals surface area contributed by atoms with Crippen molar-refractivity contribution in [2.75, 3.05) is 6.54 Å². The summed E-state index contributed by atoms with van der Waals surface area (Å²) in [5.74, 6) is 0. The van der Waals surface area contributed by atoms with E-state index in [2.05, 4.69) is 0 Å². The van der Waals surface area contributed by atoms with Crippen LogP contribution in [0.15, 0.2) is 11.5 Å². The smallest absolute Gasteiger partial charge is 0.136 e. The molecule has 0 aromatic carbocycles. The zero-order valence-electron chi connectivity index (χ0n) is 3.72. The van der Waals surface area contributed by atoms with E-state index < -0.39 is 0 Å². The van der Waals surface area contributed by atoms with Crippen LogP contribution in [0.5, 0.6) is 0 Å². The van der Waals surface area contributed by atoms with Crippen LogP contribution in [0.2, 0.25) is 1.41 Å². The average molecular weight is 88.2 g/mol. The van der Waals surface area contributed by atoms with Crippen LogP contribution in [0.3, 0.4) is 0 Å². The molecule has 0 spiro atoms. The van der Waals surface area contributed by atoms with Gasteiger partial charge in [-0.1, -0.05) is 18.0 Å². The molecule has 0 amide bonds. The van der Waals surface area contributed by atoms with Crippen molar-refractivity contribution in [3.05, 3.63) is 11.5 Å². The van der Waals surface area contributed by atoms with E-state index in [1.54, 1.807) is 0 Å². The molecule has 0 aromatic rings. The third-order valence-corrected chi connectivity index (χ3v) is 1.02. The van der Waals surface area contributed by atoms with Gasteiger partial charge in [0.1, 0.15) is 1.41 Å². The lowest BCUT2D eigenvalue weighted by Crippen LogP contribution is -1.92. The van der Waals surface area contributed by atoms with Crippen LogP contribution in [-0.4, -0.2) is 6.54 Å². The summed E-state index contributed by atoms with van der Waals surface area (Å²) in [6.45, 7) is 0.769. The second-order valence-corrected chi connectivity index (χ2v) is 1.53. The predicted molar refractivity (Wildman–Crippen MR) is 24.7 cm³/mol. The number of nitrogens with one attached hydrogen (secondary N) is 1. The average Bonchev–Trinajstić information content (AvgIpc) is 1.86. The fraction of sp³-hybridized carbons (Fsp3) is 0.333. The van der Waals surface area contributed by atoms with Gasteiger partial charge in [-0.3, -0.25) is 4.72 Å². The number of rotatable bonds is 0. The zero-order valence-corrected chi connectivity index (χ0v) is 3.53. The molecule has 0 radical (unpaired) electrons. The maximum Gasteiger partial charge on any atom is 0.136 e. The van der Waals surface area contributed by atoms with Crippen molar-refractivity contribution in [1.29, 1.82) is 0 Å². The molecule has 1 nitrogen and oxygen atoms in total. The Morgan fingerprint density at radius 2 is 3.20 bits per heavy atom. The molecule has 0 fully saturated rings. The van der Waals surface area contributed by atoms with E-state index in [0.29, 0.717) is 0 Å². The summed E-state index contributed by atoms with van der Waals surface area (Å²) in [6, 6.07) is 0. The minimum absolute atomic E-state index is 0.769. The molecule has 0 saturated heterocycles. The second-order valence-electron chi connectivity index (χ2n) is 0.789. The molecule has 0 atom stereocenters. The van der Waals surface area contributed by atoms with Gasteiger partial charge in [-0.2, -0.15) is 0 Å². The maximum absolute atomic E-state index is 6.87. The molecule has 0 saturated carbocycles. The summed E-state index contributed by atoms with van der Waals surface area (Å²) in [6.07, 6.45) is 1.96. The van der Waals surface area contributed by atoms with Gasteiger partial charge in [-0.25, -0.2) is 0 Å². The minimum atomic E-state index is 0.769. The topological polar surface area (TPSA) is 12.0 Å². The lowest BCUT2D eigenvalue weighted by atomic mass is 10.7. The molecule has 1 N–H and O–H groups in total. The monoisotopic (exact) mass is 88.0 g/mol. The summed E-state index contributed by atoms with van der Waals surface area (Å²) in [5, 5.41) is 1.91. The first-order valence-corrected chi connectivity index (χ1v) is 2.31. The Hall–Kier alpha value is 0.0500. The highest BCUT2D eigenvalue weighted by atomic mass is 32.2. The van der Waals surface area contributed by atoms with Gasteiger partial charge in [-0.05, 0) is 5.41 Å². The van der Waals surface area contributed by atoms with E-state index in [4.69, 9.17) is 1.41 Å². The summed E-state index contributed by atoms with van der Waals surface area (Å²) in [4.78, 5) is 0. The Bertz CT molecular complexity index is 65.2. The third kappa shape index (κ3) is 0.667. The number of hydrogen-bond acceptors (Lipinski definition) is 2. The molecule has 0 bridgehead atoms. The first kappa shape index (κ1) is 2.26. The molecule has 0 aliphatic carbocycles. The van der Waals surface area contributed by atoms with Gasteiger partial charge in [0.2, 0.25) is 0 Å². The van der Waals surface area contributed by atoms with Crippen molar-refractivity contribution >= 4 is 11.9 Å². The first-order valence-electron chi connectivity index (χ1n) is 1.92. The zero-order chi connectivity index (χ0) is 4.41. The lowest BCUT2D eigenvalue weighted by Gasteiger charge is -1.76. The van der Waals surface area contributed by atoms with Crippen LogP contribution in [-0.2, 0) is 0 Å². The molecule has 0 aromatic heterocycles. The molecule has 1 heterocycles. The van der Waals surface area contributed by atoms with Crippen molar-refractivity contribution in [3.63, 3.8) is 0 Å². The van der Waals surface area contributed by atoms with E-state index in [1.807, 2.05) is 11.5 Å². The maximum atomic E-state index is 6.87. The van der Waals surface area contributed by atoms with E-state index in [-0.39, 0.29) is 0 Å². The van der Waals surface area contributed by atoms with Gasteiger partial charge in [0.25, 0.3) is 0 Å². The van der Waals surface area contributed by atoms with E-state index in [1.165, 1.54) is 16.7 Å². The largest absolute Gasteiger partial charge is 0.257 e. The lowest BCUT2D eigenvalue weighted by molar-refractivity contribution is 1.16. The highest BCUT2D eigenvalue weighted by Crippen LogP contribution is 1.99. The Labute approximate surface area is 37.0 Å². The van der Waals surface area contributed by atoms with Crippen molar-refractivity contribution in [2.45, 2.75) is 0 Å². The quantitative estimate of drug-likeness (QED) is 0.438. The van der Waals surface area contributed by atoms with E-state index in [9.17, 15) is 0 Å². The molecule has 1 aliphatic rings. The standard InChI is InChI=1S/C3H5NS/c1-2-4-5-3-1/h1,3-4H,2H2/i/hD. The Balaban J connectivity index is 2.32. The number of hydrogen-bond donors (Lipinski definition) is 1. The second kappa shape index (κ2) is 1.48. The highest BCUT2D eigenvalue weighted by Gasteiger charge is 1.82. The summed E-state index contributed by atoms with van der Waals surface area (Å²) in [7, 11) is 0. The summed E-state index contributed by atoms with van der Waals surface area (Å²) < 4.78 is 8.28. The van der Waals surface area contributed by atoms with Crippen LogP contribution < -0.4 is 4.72 Å². The van der Waals surface area contributed by atoms with Gasteiger partial charge < -0.3 is 0 Å². The molecular formula is C3H5NS. The van der Waals surface area contributed by atoms with Crippen molar-refractivity contribution in [1.82, 2.24) is 4.72 Å². The summed E-state index contributed by atoms with van der Waals surface area (Å²) in [5.41, 5.74) is 0. The van der Waals surface area contributed by atoms with Gasteiger partial charge >= 0.3 is 0 Å². The Morgan fingerprint density at radius 3 is 3.40 bits per heavy atom. The Morgan fingerprint density at radius 1 is 2.20 bits per heavy atom. The minimum Gasteiger partial charge on any atom is -0.257 e. The molecule has 1 aliphatic heterocycles. The van der Waals surface area contributed by atoms with Crippen molar-refractivity contribution in [2.24, 2.45) is 0 Å². The SMILES string of the molecule is [2H]N1CC=CS1. The molecule has 2 heteroatoms. The summed E-state index contributed by atoms with van der Waals surface area (Å²) >= 11 is 1.42. The highest BCUT2D eigenvalue weighted by molar-refractivity contribution is 8.00. The van der Waals surface area contributed by atoms with E-state index >= 15 is 0 Å². The fourth-order valence-electron chi connectivity index (χ4n) is 0.215. The van der Waals surface area contributed by atoms with Crippen LogP contribution in [0.25, 0.3) is 0 Å². The van der Waals surface area contributed by atoms with E-state index in [0.717, 1.165) is 6.54 Å². The van der Waals surface area contributed by atoms with Crippen LogP contribution in [0.4, 0.5) is 0 Å². The van der Waals surface area contributed by atoms with Crippen LogP contribution in [0.1, 0.15) is 0 Å². The normalized spacial score (nSPS) is 27.6. The third-order valence-electron chi connectivity index (χ3n) is 0.412. The first-order chi connectivity index (χ1) is 2.89. The van der Waals surface area contributed by atoms with Crippen LogP contribution in [0, 0.1) is 0 Å². The molecular weight excluding hydrogens is 82.1 g/mol. The predicted octanol–water partition coefficient (Wildman–Crippen LogP) is 0.752. The van der Waals surface area contributed by atoms with Crippen LogP contribution >= 0.6 is 11.9 Å². The van der Waals surface area contributed by atoms with Crippen molar-refractivity contribution < 1.29 is 1.41 Å². The molecule has 28 valence electrons.